The fraction of sp³-hybridized carbons (Fsp3) is 0.0909. The SMILES string of the molecule is N#CC(C#N)=CNc1cc(OC(F)(F)F)ccc1Br. The van der Waals surface area contributed by atoms with Gasteiger partial charge in [-0.1, -0.05) is 0 Å². The van der Waals surface area contributed by atoms with Gasteiger partial charge in [-0.3, -0.25) is 0 Å². The first kappa shape index (κ1) is 14.9. The number of ether oxygens (including phenoxy) is 1. The topological polar surface area (TPSA) is 68.8 Å². The van der Waals surface area contributed by atoms with Crippen LogP contribution in [-0.2, 0) is 0 Å². The first-order valence-electron chi connectivity index (χ1n) is 4.68. The van der Waals surface area contributed by atoms with Gasteiger partial charge in [-0.05, 0) is 28.1 Å². The molecule has 8 heteroatoms. The highest BCUT2D eigenvalue weighted by Crippen LogP contribution is 2.30. The summed E-state index contributed by atoms with van der Waals surface area (Å²) in [6, 6.07) is 6.76. The number of nitriles is 2. The summed E-state index contributed by atoms with van der Waals surface area (Å²) in [4.78, 5) is 0. The minimum Gasteiger partial charge on any atom is -0.406 e. The third-order valence-corrected chi connectivity index (χ3v) is 2.48. The molecule has 0 amide bonds. The van der Waals surface area contributed by atoms with Gasteiger partial charge in [0.1, 0.15) is 23.5 Å². The largest absolute Gasteiger partial charge is 0.573 e. The summed E-state index contributed by atoms with van der Waals surface area (Å²) < 4.78 is 40.3. The van der Waals surface area contributed by atoms with E-state index in [1.165, 1.54) is 6.07 Å². The van der Waals surface area contributed by atoms with Crippen molar-refractivity contribution in [3.05, 3.63) is 34.4 Å². The molecule has 0 unspecified atom stereocenters. The Hall–Kier alpha value is -2.19. The Labute approximate surface area is 114 Å². The first-order chi connectivity index (χ1) is 8.85. The molecule has 1 aromatic rings. The summed E-state index contributed by atoms with van der Waals surface area (Å²) in [5, 5.41) is 19.6. The molecular weight excluding hydrogens is 327 g/mol. The highest BCUT2D eigenvalue weighted by Gasteiger charge is 2.31. The van der Waals surface area contributed by atoms with Gasteiger partial charge in [-0.25, -0.2) is 0 Å². The second kappa shape index (κ2) is 6.12. The number of hydrogen-bond acceptors (Lipinski definition) is 4. The Morgan fingerprint density at radius 2 is 1.95 bits per heavy atom. The fourth-order valence-electron chi connectivity index (χ4n) is 1.05. The molecule has 0 aliphatic carbocycles. The number of alkyl halides is 3. The van der Waals surface area contributed by atoms with Gasteiger partial charge in [0.15, 0.2) is 0 Å². The minimum absolute atomic E-state index is 0.214. The lowest BCUT2D eigenvalue weighted by Gasteiger charge is -2.11. The molecule has 0 bridgehead atoms. The lowest BCUT2D eigenvalue weighted by Crippen LogP contribution is -2.17. The molecule has 0 radical (unpaired) electrons. The van der Waals surface area contributed by atoms with Crippen molar-refractivity contribution in [2.75, 3.05) is 5.32 Å². The van der Waals surface area contributed by atoms with Crippen LogP contribution in [0.2, 0.25) is 0 Å². The maximum Gasteiger partial charge on any atom is 0.573 e. The summed E-state index contributed by atoms with van der Waals surface area (Å²) in [7, 11) is 0. The standard InChI is InChI=1S/C11H5BrF3N3O/c12-9-2-1-8(19-11(13,14)15)3-10(9)18-6-7(4-16)5-17/h1-3,6,18H. The second-order valence-electron chi connectivity index (χ2n) is 3.12. The van der Waals surface area contributed by atoms with E-state index in [1.807, 2.05) is 0 Å². The molecule has 19 heavy (non-hydrogen) atoms. The smallest absolute Gasteiger partial charge is 0.406 e. The number of rotatable bonds is 3. The van der Waals surface area contributed by atoms with Crippen molar-refractivity contribution in [2.24, 2.45) is 0 Å². The van der Waals surface area contributed by atoms with Crippen molar-refractivity contribution in [3.63, 3.8) is 0 Å². The zero-order valence-corrected chi connectivity index (χ0v) is 10.7. The number of anilines is 1. The van der Waals surface area contributed by atoms with Crippen LogP contribution in [0.15, 0.2) is 34.4 Å². The third kappa shape index (κ3) is 4.90. The highest BCUT2D eigenvalue weighted by molar-refractivity contribution is 9.10. The molecule has 1 rings (SSSR count). The molecule has 0 heterocycles. The lowest BCUT2D eigenvalue weighted by atomic mass is 10.3. The van der Waals surface area contributed by atoms with E-state index in [9.17, 15) is 13.2 Å². The van der Waals surface area contributed by atoms with E-state index in [0.29, 0.717) is 4.47 Å². The quantitative estimate of drug-likeness (QED) is 0.857. The van der Waals surface area contributed by atoms with Gasteiger partial charge in [0, 0.05) is 16.7 Å². The van der Waals surface area contributed by atoms with Crippen LogP contribution in [0, 0.1) is 22.7 Å². The number of benzene rings is 1. The zero-order chi connectivity index (χ0) is 14.5. The summed E-state index contributed by atoms with van der Waals surface area (Å²) in [5.74, 6) is -0.415. The van der Waals surface area contributed by atoms with Crippen molar-refractivity contribution in [3.8, 4) is 17.9 Å². The summed E-state index contributed by atoms with van der Waals surface area (Å²) in [5.41, 5.74) is 0.0128. The van der Waals surface area contributed by atoms with E-state index < -0.39 is 12.1 Å². The Morgan fingerprint density at radius 3 is 2.47 bits per heavy atom. The Morgan fingerprint density at radius 1 is 1.32 bits per heavy atom. The summed E-state index contributed by atoms with van der Waals surface area (Å²) in [6.07, 6.45) is -3.71. The monoisotopic (exact) mass is 331 g/mol. The second-order valence-corrected chi connectivity index (χ2v) is 3.97. The average molecular weight is 332 g/mol. The van der Waals surface area contributed by atoms with E-state index in [0.717, 1.165) is 18.3 Å². The van der Waals surface area contributed by atoms with Crippen molar-refractivity contribution < 1.29 is 17.9 Å². The molecule has 4 nitrogen and oxygen atoms in total. The van der Waals surface area contributed by atoms with Gasteiger partial charge in [0.2, 0.25) is 0 Å². The van der Waals surface area contributed by atoms with Gasteiger partial charge in [-0.2, -0.15) is 10.5 Å². The van der Waals surface area contributed by atoms with Crippen LogP contribution < -0.4 is 10.1 Å². The maximum atomic E-state index is 12.0. The molecule has 0 atom stereocenters. The van der Waals surface area contributed by atoms with E-state index >= 15 is 0 Å². The predicted molar refractivity (Wildman–Crippen MR) is 63.8 cm³/mol. The molecule has 0 aromatic heterocycles. The number of halogens is 4. The van der Waals surface area contributed by atoms with Crippen molar-refractivity contribution in [2.45, 2.75) is 6.36 Å². The highest BCUT2D eigenvalue weighted by atomic mass is 79.9. The molecule has 0 saturated carbocycles. The van der Waals surface area contributed by atoms with Crippen LogP contribution in [0.4, 0.5) is 18.9 Å². The van der Waals surface area contributed by atoms with Crippen LogP contribution in [-0.4, -0.2) is 6.36 Å². The Bertz CT molecular complexity index is 568. The molecule has 0 aliphatic heterocycles. The fourth-order valence-corrected chi connectivity index (χ4v) is 1.41. The van der Waals surface area contributed by atoms with Crippen LogP contribution in [0.1, 0.15) is 0 Å². The summed E-state index contributed by atoms with van der Waals surface area (Å²) >= 11 is 3.11. The number of nitrogens with one attached hydrogen (secondary N) is 1. The van der Waals surface area contributed by atoms with E-state index in [4.69, 9.17) is 10.5 Å². The van der Waals surface area contributed by atoms with Crippen LogP contribution in [0.5, 0.6) is 5.75 Å². The van der Waals surface area contributed by atoms with Crippen LogP contribution >= 0.6 is 15.9 Å². The molecule has 1 N–H and O–H groups in total. The van der Waals surface area contributed by atoms with Crippen molar-refractivity contribution in [1.29, 1.82) is 10.5 Å². The average Bonchev–Trinajstić information content (AvgIpc) is 2.32. The van der Waals surface area contributed by atoms with Crippen molar-refractivity contribution >= 4 is 21.6 Å². The van der Waals surface area contributed by atoms with Gasteiger partial charge in [0.05, 0.1) is 5.69 Å². The Kier molecular flexibility index (Phi) is 4.79. The van der Waals surface area contributed by atoms with Gasteiger partial charge in [-0.15, -0.1) is 13.2 Å². The predicted octanol–water partition coefficient (Wildman–Crippen LogP) is 3.69. The minimum atomic E-state index is -4.79. The van der Waals surface area contributed by atoms with Crippen molar-refractivity contribution in [1.82, 2.24) is 0 Å². The normalized spacial score (nSPS) is 10.0. The van der Waals surface area contributed by atoms with Crippen LogP contribution in [0.3, 0.4) is 0 Å². The van der Waals surface area contributed by atoms with Gasteiger partial charge >= 0.3 is 6.36 Å². The molecule has 0 fully saturated rings. The molecule has 0 spiro atoms. The third-order valence-electron chi connectivity index (χ3n) is 1.78. The van der Waals surface area contributed by atoms with Gasteiger partial charge in [0.25, 0.3) is 0 Å². The molecule has 1 aromatic carbocycles. The molecule has 0 aliphatic rings. The van der Waals surface area contributed by atoms with Crippen LogP contribution in [0.25, 0.3) is 0 Å². The molecule has 0 saturated heterocycles. The number of nitrogens with zero attached hydrogens (tertiary/aromatic N) is 2. The Balaban J connectivity index is 2.96. The first-order valence-corrected chi connectivity index (χ1v) is 5.47. The molecule has 98 valence electrons. The number of allylic oxidation sites excluding steroid dienone is 1. The summed E-state index contributed by atoms with van der Waals surface area (Å²) in [6.45, 7) is 0. The lowest BCUT2D eigenvalue weighted by molar-refractivity contribution is -0.274. The zero-order valence-electron chi connectivity index (χ0n) is 9.12. The maximum absolute atomic E-state index is 12.0. The number of hydrogen-bond donors (Lipinski definition) is 1. The van der Waals surface area contributed by atoms with E-state index in [1.54, 1.807) is 12.1 Å². The van der Waals surface area contributed by atoms with E-state index in [-0.39, 0.29) is 11.3 Å². The van der Waals surface area contributed by atoms with E-state index in [2.05, 4.69) is 26.0 Å². The molecular formula is C11H5BrF3N3O. The van der Waals surface area contributed by atoms with Gasteiger partial charge < -0.3 is 10.1 Å².